The molecule has 86 valence electrons. The van der Waals surface area contributed by atoms with Gasteiger partial charge in [0.1, 0.15) is 6.61 Å². The fourth-order valence-electron chi connectivity index (χ4n) is 1.07. The van der Waals surface area contributed by atoms with Gasteiger partial charge in [-0.25, -0.2) is 0 Å². The number of aryl methyl sites for hydroxylation is 1. The second-order valence-corrected chi connectivity index (χ2v) is 3.04. The van der Waals surface area contributed by atoms with Gasteiger partial charge in [0.05, 0.1) is 6.61 Å². The van der Waals surface area contributed by atoms with Gasteiger partial charge in [0.2, 0.25) is 0 Å². The van der Waals surface area contributed by atoms with Crippen molar-refractivity contribution in [2.75, 3.05) is 26.9 Å². The monoisotopic (exact) mass is 215 g/mol. The molecule has 0 spiro atoms. The van der Waals surface area contributed by atoms with Crippen LogP contribution < -0.4 is 5.73 Å². The van der Waals surface area contributed by atoms with Gasteiger partial charge < -0.3 is 19.7 Å². The first-order valence-electron chi connectivity index (χ1n) is 4.95. The Morgan fingerprint density at radius 1 is 1.40 bits per heavy atom. The molecule has 0 aliphatic heterocycles. The molecular weight excluding hydrogens is 198 g/mol. The van der Waals surface area contributed by atoms with Crippen molar-refractivity contribution in [3.05, 3.63) is 11.7 Å². The van der Waals surface area contributed by atoms with Crippen LogP contribution in [-0.2, 0) is 22.5 Å². The van der Waals surface area contributed by atoms with E-state index in [1.54, 1.807) is 7.11 Å². The van der Waals surface area contributed by atoms with Crippen LogP contribution in [-0.4, -0.2) is 37.0 Å². The Morgan fingerprint density at radius 3 is 3.00 bits per heavy atom. The lowest BCUT2D eigenvalue weighted by Crippen LogP contribution is -2.08. The molecule has 0 aromatic carbocycles. The molecule has 0 radical (unpaired) electrons. The topological polar surface area (TPSA) is 83.4 Å². The molecule has 6 heteroatoms. The fourth-order valence-corrected chi connectivity index (χ4v) is 1.07. The number of ether oxygens (including phenoxy) is 2. The summed E-state index contributed by atoms with van der Waals surface area (Å²) in [6.45, 7) is 2.03. The zero-order valence-corrected chi connectivity index (χ0v) is 8.94. The van der Waals surface area contributed by atoms with Crippen molar-refractivity contribution in [3.8, 4) is 0 Å². The first kappa shape index (κ1) is 12.1. The van der Waals surface area contributed by atoms with Crippen LogP contribution in [0.15, 0.2) is 4.52 Å². The Bertz CT molecular complexity index is 240. The molecular formula is C9H17N3O3. The highest BCUT2D eigenvalue weighted by molar-refractivity contribution is 4.84. The van der Waals surface area contributed by atoms with Crippen LogP contribution in [0.25, 0.3) is 0 Å². The van der Waals surface area contributed by atoms with Gasteiger partial charge in [0, 0.05) is 26.7 Å². The predicted octanol–water partition coefficient (Wildman–Crippen LogP) is 0.124. The lowest BCUT2D eigenvalue weighted by molar-refractivity contribution is 0.104. The maximum Gasteiger partial charge on any atom is 0.252 e. The van der Waals surface area contributed by atoms with E-state index in [4.69, 9.17) is 19.7 Å². The molecule has 0 saturated heterocycles. The summed E-state index contributed by atoms with van der Waals surface area (Å²) in [5.41, 5.74) is 5.27. The van der Waals surface area contributed by atoms with E-state index in [0.29, 0.717) is 38.1 Å². The van der Waals surface area contributed by atoms with E-state index < -0.39 is 0 Å². The first-order valence-corrected chi connectivity index (χ1v) is 4.95. The van der Waals surface area contributed by atoms with Crippen molar-refractivity contribution < 1.29 is 14.0 Å². The molecule has 0 bridgehead atoms. The molecule has 2 N–H and O–H groups in total. The normalized spacial score (nSPS) is 10.8. The molecule has 1 heterocycles. The number of nitrogens with zero attached hydrogens (tertiary/aromatic N) is 2. The number of nitrogens with two attached hydrogens (primary N) is 1. The van der Waals surface area contributed by atoms with Crippen LogP contribution in [0, 0.1) is 0 Å². The molecule has 0 atom stereocenters. The van der Waals surface area contributed by atoms with Gasteiger partial charge in [0.25, 0.3) is 5.89 Å². The minimum Gasteiger partial charge on any atom is -0.385 e. The highest BCUT2D eigenvalue weighted by Gasteiger charge is 2.05. The number of aromatic nitrogens is 2. The summed E-state index contributed by atoms with van der Waals surface area (Å²) in [5.74, 6) is 1.19. The molecule has 0 aliphatic carbocycles. The van der Waals surface area contributed by atoms with Gasteiger partial charge in [-0.2, -0.15) is 4.98 Å². The second-order valence-electron chi connectivity index (χ2n) is 3.04. The third kappa shape index (κ3) is 4.87. The van der Waals surface area contributed by atoms with Crippen molar-refractivity contribution in [1.29, 1.82) is 0 Å². The van der Waals surface area contributed by atoms with Crippen LogP contribution >= 0.6 is 0 Å². The Hall–Kier alpha value is -0.980. The number of hydrogen-bond acceptors (Lipinski definition) is 6. The molecule has 0 aliphatic rings. The van der Waals surface area contributed by atoms with Crippen molar-refractivity contribution in [1.82, 2.24) is 10.1 Å². The van der Waals surface area contributed by atoms with Crippen molar-refractivity contribution in [3.63, 3.8) is 0 Å². The summed E-state index contributed by atoms with van der Waals surface area (Å²) in [4.78, 5) is 4.15. The quantitative estimate of drug-likeness (QED) is 0.620. The SMILES string of the molecule is COCCCc1noc(COCCN)n1. The van der Waals surface area contributed by atoms with Gasteiger partial charge in [-0.3, -0.25) is 0 Å². The molecule has 1 rings (SSSR count). The van der Waals surface area contributed by atoms with Crippen LogP contribution in [0.1, 0.15) is 18.1 Å². The average Bonchev–Trinajstić information content (AvgIpc) is 2.67. The average molecular weight is 215 g/mol. The Labute approximate surface area is 88.7 Å². The molecule has 1 aromatic rings. The second kappa shape index (κ2) is 7.33. The van der Waals surface area contributed by atoms with Crippen molar-refractivity contribution in [2.24, 2.45) is 5.73 Å². The molecule has 1 aromatic heterocycles. The fraction of sp³-hybridized carbons (Fsp3) is 0.778. The minimum atomic E-state index is 0.328. The third-order valence-electron chi connectivity index (χ3n) is 1.75. The maximum atomic E-state index is 5.27. The highest BCUT2D eigenvalue weighted by atomic mass is 16.5. The highest BCUT2D eigenvalue weighted by Crippen LogP contribution is 2.01. The Kier molecular flexibility index (Phi) is 5.91. The molecule has 15 heavy (non-hydrogen) atoms. The molecule has 0 fully saturated rings. The summed E-state index contributed by atoms with van der Waals surface area (Å²) < 4.78 is 15.1. The number of rotatable bonds is 8. The summed E-state index contributed by atoms with van der Waals surface area (Å²) in [6, 6.07) is 0. The van der Waals surface area contributed by atoms with Gasteiger partial charge in [0.15, 0.2) is 5.82 Å². The lowest BCUT2D eigenvalue weighted by Gasteiger charge is -1.95. The van der Waals surface area contributed by atoms with Gasteiger partial charge in [-0.1, -0.05) is 5.16 Å². The molecule has 0 amide bonds. The van der Waals surface area contributed by atoms with Crippen LogP contribution in [0.2, 0.25) is 0 Å². The Morgan fingerprint density at radius 2 is 2.27 bits per heavy atom. The van der Waals surface area contributed by atoms with Gasteiger partial charge >= 0.3 is 0 Å². The predicted molar refractivity (Wildman–Crippen MR) is 53.2 cm³/mol. The van der Waals surface area contributed by atoms with Gasteiger partial charge in [-0.15, -0.1) is 0 Å². The lowest BCUT2D eigenvalue weighted by atomic mass is 10.3. The maximum absolute atomic E-state index is 5.27. The summed E-state index contributed by atoms with van der Waals surface area (Å²) >= 11 is 0. The minimum absolute atomic E-state index is 0.328. The molecule has 0 saturated carbocycles. The summed E-state index contributed by atoms with van der Waals surface area (Å²) in [5, 5.41) is 3.81. The summed E-state index contributed by atoms with van der Waals surface area (Å²) in [7, 11) is 1.67. The molecule has 6 nitrogen and oxygen atoms in total. The smallest absolute Gasteiger partial charge is 0.252 e. The van der Waals surface area contributed by atoms with E-state index in [1.165, 1.54) is 0 Å². The standard InChI is InChI=1S/C9H17N3O3/c1-13-5-2-3-8-11-9(15-12-8)7-14-6-4-10/h2-7,10H2,1H3. The van der Waals surface area contributed by atoms with E-state index in [9.17, 15) is 0 Å². The van der Waals surface area contributed by atoms with Crippen LogP contribution in [0.4, 0.5) is 0 Å². The van der Waals surface area contributed by atoms with Crippen LogP contribution in [0.3, 0.4) is 0 Å². The van der Waals surface area contributed by atoms with Crippen molar-refractivity contribution in [2.45, 2.75) is 19.4 Å². The van der Waals surface area contributed by atoms with E-state index in [-0.39, 0.29) is 0 Å². The van der Waals surface area contributed by atoms with E-state index in [2.05, 4.69) is 10.1 Å². The van der Waals surface area contributed by atoms with Crippen LogP contribution in [0.5, 0.6) is 0 Å². The van der Waals surface area contributed by atoms with E-state index in [0.717, 1.165) is 12.8 Å². The largest absolute Gasteiger partial charge is 0.385 e. The number of methoxy groups -OCH3 is 1. The van der Waals surface area contributed by atoms with Crippen molar-refractivity contribution >= 4 is 0 Å². The third-order valence-corrected chi connectivity index (χ3v) is 1.75. The Balaban J connectivity index is 2.23. The van der Waals surface area contributed by atoms with E-state index >= 15 is 0 Å². The zero-order chi connectivity index (χ0) is 10.9. The zero-order valence-electron chi connectivity index (χ0n) is 8.94. The summed E-state index contributed by atoms with van der Waals surface area (Å²) in [6.07, 6.45) is 1.65. The van der Waals surface area contributed by atoms with E-state index in [1.807, 2.05) is 0 Å². The number of hydrogen-bond donors (Lipinski definition) is 1. The molecule has 0 unspecified atom stereocenters. The van der Waals surface area contributed by atoms with Gasteiger partial charge in [-0.05, 0) is 6.42 Å². The first-order chi connectivity index (χ1) is 7.36.